The molecule has 0 unspecified atom stereocenters. The number of carboxylic acid groups (broad SMARTS) is 1. The van der Waals surface area contributed by atoms with Crippen molar-refractivity contribution in [2.45, 2.75) is 6.54 Å². The number of halogens is 2. The van der Waals surface area contributed by atoms with Crippen LogP contribution in [0, 0.1) is 5.92 Å². The molecule has 1 saturated heterocycles. The molecule has 0 amide bonds. The molecule has 1 aromatic carbocycles. The van der Waals surface area contributed by atoms with Crippen LogP contribution in [0.4, 0.5) is 0 Å². The quantitative estimate of drug-likeness (QED) is 0.907. The zero-order chi connectivity index (χ0) is 11.7. The van der Waals surface area contributed by atoms with Crippen molar-refractivity contribution in [3.63, 3.8) is 0 Å². The molecule has 0 radical (unpaired) electrons. The van der Waals surface area contributed by atoms with Gasteiger partial charge in [-0.3, -0.25) is 9.69 Å². The summed E-state index contributed by atoms with van der Waals surface area (Å²) in [5, 5.41) is 9.95. The van der Waals surface area contributed by atoms with Gasteiger partial charge in [0.2, 0.25) is 0 Å². The standard InChI is InChI=1S/C11H11Cl2NO2/c12-9-1-7(2-10(13)3-9)4-14-5-8(6-14)11(15)16/h1-3,8H,4-6H2,(H,15,16). The lowest BCUT2D eigenvalue weighted by Gasteiger charge is -2.36. The van der Waals surface area contributed by atoms with Gasteiger partial charge in [-0.25, -0.2) is 0 Å². The Morgan fingerprint density at radius 3 is 2.38 bits per heavy atom. The monoisotopic (exact) mass is 259 g/mol. The lowest BCUT2D eigenvalue weighted by atomic mass is 10.00. The van der Waals surface area contributed by atoms with Crippen LogP contribution < -0.4 is 0 Å². The SMILES string of the molecule is O=C(O)C1CN(Cc2cc(Cl)cc(Cl)c2)C1. The molecule has 0 aromatic heterocycles. The number of hydrogen-bond acceptors (Lipinski definition) is 2. The fourth-order valence-corrected chi connectivity index (χ4v) is 2.39. The Bertz CT molecular complexity index is 396. The van der Waals surface area contributed by atoms with Crippen molar-refractivity contribution in [2.24, 2.45) is 5.92 Å². The van der Waals surface area contributed by atoms with Crippen molar-refractivity contribution in [1.29, 1.82) is 0 Å². The molecule has 0 aliphatic carbocycles. The number of benzene rings is 1. The van der Waals surface area contributed by atoms with E-state index in [0.717, 1.165) is 5.56 Å². The number of rotatable bonds is 3. The summed E-state index contributed by atoms with van der Waals surface area (Å²) in [6.07, 6.45) is 0. The average Bonchev–Trinajstić information content (AvgIpc) is 2.08. The van der Waals surface area contributed by atoms with Gasteiger partial charge in [0.05, 0.1) is 5.92 Å². The maximum Gasteiger partial charge on any atom is 0.309 e. The Morgan fingerprint density at radius 1 is 1.31 bits per heavy atom. The van der Waals surface area contributed by atoms with E-state index in [1.165, 1.54) is 0 Å². The van der Waals surface area contributed by atoms with Gasteiger partial charge in [0.15, 0.2) is 0 Å². The predicted octanol–water partition coefficient (Wildman–Crippen LogP) is 2.51. The Balaban J connectivity index is 1.94. The van der Waals surface area contributed by atoms with Crippen LogP contribution in [-0.2, 0) is 11.3 Å². The predicted molar refractivity (Wildman–Crippen MR) is 62.9 cm³/mol. The first-order valence-electron chi connectivity index (χ1n) is 4.95. The highest BCUT2D eigenvalue weighted by molar-refractivity contribution is 6.34. The highest BCUT2D eigenvalue weighted by atomic mass is 35.5. The van der Waals surface area contributed by atoms with Crippen molar-refractivity contribution in [2.75, 3.05) is 13.1 Å². The van der Waals surface area contributed by atoms with E-state index < -0.39 is 5.97 Å². The highest BCUT2D eigenvalue weighted by Crippen LogP contribution is 2.23. The second-order valence-corrected chi connectivity index (χ2v) is 4.88. The number of carboxylic acids is 1. The van der Waals surface area contributed by atoms with Gasteiger partial charge in [-0.2, -0.15) is 0 Å². The summed E-state index contributed by atoms with van der Waals surface area (Å²) in [6, 6.07) is 5.38. The summed E-state index contributed by atoms with van der Waals surface area (Å²) in [6.45, 7) is 1.89. The molecule has 5 heteroatoms. The first kappa shape index (κ1) is 11.7. The fraction of sp³-hybridized carbons (Fsp3) is 0.364. The minimum atomic E-state index is -0.722. The third-order valence-corrected chi connectivity index (χ3v) is 3.07. The molecule has 1 aromatic rings. The lowest BCUT2D eigenvalue weighted by Crippen LogP contribution is -2.49. The van der Waals surface area contributed by atoms with Crippen LogP contribution in [0.5, 0.6) is 0 Å². The first-order chi connectivity index (χ1) is 7.54. The van der Waals surface area contributed by atoms with E-state index in [-0.39, 0.29) is 5.92 Å². The van der Waals surface area contributed by atoms with Crippen LogP contribution in [0.3, 0.4) is 0 Å². The van der Waals surface area contributed by atoms with Crippen LogP contribution in [0.15, 0.2) is 18.2 Å². The Kier molecular flexibility index (Phi) is 3.38. The number of nitrogens with zero attached hydrogens (tertiary/aromatic N) is 1. The molecular weight excluding hydrogens is 249 g/mol. The molecule has 0 bridgehead atoms. The van der Waals surface area contributed by atoms with Crippen LogP contribution >= 0.6 is 23.2 Å². The largest absolute Gasteiger partial charge is 0.481 e. The zero-order valence-corrected chi connectivity index (χ0v) is 10.0. The van der Waals surface area contributed by atoms with Gasteiger partial charge in [-0.1, -0.05) is 23.2 Å². The van der Waals surface area contributed by atoms with Crippen molar-refractivity contribution in [1.82, 2.24) is 4.90 Å². The number of likely N-dealkylation sites (tertiary alicyclic amines) is 1. The Morgan fingerprint density at radius 2 is 1.88 bits per heavy atom. The van der Waals surface area contributed by atoms with Gasteiger partial charge in [0, 0.05) is 29.7 Å². The van der Waals surface area contributed by atoms with Gasteiger partial charge in [-0.05, 0) is 23.8 Å². The number of carbonyl (C=O) groups is 1. The van der Waals surface area contributed by atoms with Crippen molar-refractivity contribution in [3.8, 4) is 0 Å². The molecule has 1 aliphatic rings. The third-order valence-electron chi connectivity index (χ3n) is 2.63. The van der Waals surface area contributed by atoms with Gasteiger partial charge >= 0.3 is 5.97 Å². The van der Waals surface area contributed by atoms with Gasteiger partial charge < -0.3 is 5.11 Å². The molecule has 1 aliphatic heterocycles. The smallest absolute Gasteiger partial charge is 0.309 e. The maximum absolute atomic E-state index is 10.6. The van der Waals surface area contributed by atoms with Gasteiger partial charge in [0.25, 0.3) is 0 Å². The summed E-state index contributed by atoms with van der Waals surface area (Å²) >= 11 is 11.8. The molecule has 1 N–H and O–H groups in total. The van der Waals surface area contributed by atoms with Gasteiger partial charge in [0.1, 0.15) is 0 Å². The maximum atomic E-state index is 10.6. The van der Waals surface area contributed by atoms with Crippen LogP contribution in [0.25, 0.3) is 0 Å². The molecule has 0 saturated carbocycles. The van der Waals surface area contributed by atoms with E-state index in [1.54, 1.807) is 6.07 Å². The van der Waals surface area contributed by atoms with E-state index in [9.17, 15) is 4.79 Å². The van der Waals surface area contributed by atoms with E-state index in [1.807, 2.05) is 12.1 Å². The highest BCUT2D eigenvalue weighted by Gasteiger charge is 2.32. The van der Waals surface area contributed by atoms with Crippen molar-refractivity contribution >= 4 is 29.2 Å². The number of hydrogen-bond donors (Lipinski definition) is 1. The summed E-state index contributed by atoms with van der Waals surface area (Å²) in [5.74, 6) is -0.949. The minimum Gasteiger partial charge on any atom is -0.481 e. The third kappa shape index (κ3) is 2.67. The summed E-state index contributed by atoms with van der Waals surface area (Å²) in [5.41, 5.74) is 1.02. The van der Waals surface area contributed by atoms with E-state index in [2.05, 4.69) is 4.90 Å². The Labute approximate surface area is 104 Å². The molecule has 16 heavy (non-hydrogen) atoms. The minimum absolute atomic E-state index is 0.227. The fourth-order valence-electron chi connectivity index (χ4n) is 1.82. The number of aliphatic carboxylic acids is 1. The van der Waals surface area contributed by atoms with Gasteiger partial charge in [-0.15, -0.1) is 0 Å². The topological polar surface area (TPSA) is 40.5 Å². The molecule has 0 atom stereocenters. The van der Waals surface area contributed by atoms with E-state index >= 15 is 0 Å². The summed E-state index contributed by atoms with van der Waals surface area (Å²) in [7, 11) is 0. The normalized spacial score (nSPS) is 17.1. The molecule has 1 heterocycles. The van der Waals surface area contributed by atoms with Crippen LogP contribution in [0.1, 0.15) is 5.56 Å². The molecule has 2 rings (SSSR count). The van der Waals surface area contributed by atoms with Crippen molar-refractivity contribution < 1.29 is 9.90 Å². The van der Waals surface area contributed by atoms with E-state index in [0.29, 0.717) is 29.7 Å². The summed E-state index contributed by atoms with van der Waals surface area (Å²) < 4.78 is 0. The zero-order valence-electron chi connectivity index (χ0n) is 8.49. The molecule has 3 nitrogen and oxygen atoms in total. The Hall–Kier alpha value is -0.770. The second-order valence-electron chi connectivity index (χ2n) is 4.01. The molecule has 0 spiro atoms. The van der Waals surface area contributed by atoms with Crippen LogP contribution in [-0.4, -0.2) is 29.1 Å². The second kappa shape index (κ2) is 4.62. The van der Waals surface area contributed by atoms with E-state index in [4.69, 9.17) is 28.3 Å². The lowest BCUT2D eigenvalue weighted by molar-refractivity contribution is -0.147. The van der Waals surface area contributed by atoms with Crippen molar-refractivity contribution in [3.05, 3.63) is 33.8 Å². The molecule has 1 fully saturated rings. The average molecular weight is 260 g/mol. The first-order valence-corrected chi connectivity index (χ1v) is 5.70. The van der Waals surface area contributed by atoms with Crippen LogP contribution in [0.2, 0.25) is 10.0 Å². The molecule has 86 valence electrons. The summed E-state index contributed by atoms with van der Waals surface area (Å²) in [4.78, 5) is 12.7. The molecular formula is C11H11Cl2NO2.